The second kappa shape index (κ2) is 4.68. The number of benzene rings is 1. The van der Waals surface area contributed by atoms with E-state index in [2.05, 4.69) is 4.98 Å². The van der Waals surface area contributed by atoms with E-state index in [0.717, 1.165) is 0 Å². The third-order valence-corrected chi connectivity index (χ3v) is 6.21. The zero-order valence-electron chi connectivity index (χ0n) is 10.7. The second-order valence-corrected chi connectivity index (χ2v) is 7.45. The Hall–Kier alpha value is -2.19. The molecule has 0 unspecified atom stereocenters. The van der Waals surface area contributed by atoms with E-state index in [4.69, 9.17) is 9.52 Å². The van der Waals surface area contributed by atoms with Gasteiger partial charge in [0.1, 0.15) is 10.5 Å². The fraction of sp³-hybridized carbons (Fsp3) is 0.0769. The van der Waals surface area contributed by atoms with Crippen LogP contribution in [0.3, 0.4) is 0 Å². The number of furan rings is 1. The van der Waals surface area contributed by atoms with E-state index in [1.54, 1.807) is 12.1 Å². The number of thiazole rings is 1. The van der Waals surface area contributed by atoms with Gasteiger partial charge in [-0.05, 0) is 31.2 Å². The van der Waals surface area contributed by atoms with Gasteiger partial charge >= 0.3 is 5.97 Å². The van der Waals surface area contributed by atoms with E-state index in [9.17, 15) is 13.2 Å². The van der Waals surface area contributed by atoms with Gasteiger partial charge in [-0.3, -0.25) is 0 Å². The first kappa shape index (κ1) is 13.8. The minimum atomic E-state index is -3.84. The number of nitrogens with zero attached hydrogens (tertiary/aromatic N) is 1. The van der Waals surface area contributed by atoms with Crippen LogP contribution in [0.4, 0.5) is 0 Å². The Labute approximate surface area is 123 Å². The first-order valence-corrected chi connectivity index (χ1v) is 8.12. The summed E-state index contributed by atoms with van der Waals surface area (Å²) in [5.74, 6) is -1.18. The summed E-state index contributed by atoms with van der Waals surface area (Å²) in [4.78, 5) is 14.9. The maximum Gasteiger partial charge on any atom is 0.347 e. The van der Waals surface area contributed by atoms with Crippen LogP contribution in [0.15, 0.2) is 44.2 Å². The summed E-state index contributed by atoms with van der Waals surface area (Å²) >= 11 is 0.655. The van der Waals surface area contributed by atoms with Gasteiger partial charge in [0.15, 0.2) is 0 Å². The molecule has 21 heavy (non-hydrogen) atoms. The number of hydrogen-bond donors (Lipinski definition) is 1. The first-order chi connectivity index (χ1) is 9.89. The molecule has 0 fully saturated rings. The zero-order chi connectivity index (χ0) is 15.2. The summed E-state index contributed by atoms with van der Waals surface area (Å²) in [6.07, 6.45) is 1.47. The molecule has 0 amide bonds. The summed E-state index contributed by atoms with van der Waals surface area (Å²) in [5, 5.41) is 9.65. The predicted molar refractivity (Wildman–Crippen MR) is 75.5 cm³/mol. The molecule has 0 saturated heterocycles. The van der Waals surface area contributed by atoms with Crippen molar-refractivity contribution in [1.82, 2.24) is 4.98 Å². The van der Waals surface area contributed by atoms with Crippen LogP contribution >= 0.6 is 11.3 Å². The Kier molecular flexibility index (Phi) is 3.07. The molecule has 6 nitrogen and oxygen atoms in total. The van der Waals surface area contributed by atoms with E-state index < -0.39 is 15.8 Å². The SMILES string of the molecule is Cc1nc(S(=O)(=O)c2ccc3occc3c2)sc1C(=O)O. The standard InChI is InChI=1S/C13H9NO5S2/c1-7-11(12(15)16)20-13(14-7)21(17,18)9-2-3-10-8(6-9)4-5-19-10/h2-6H,1H3,(H,15,16). The predicted octanol–water partition coefficient (Wildman–Crippen LogP) is 2.73. The van der Waals surface area contributed by atoms with Crippen LogP contribution in [-0.4, -0.2) is 24.5 Å². The molecule has 0 aliphatic rings. The molecule has 0 aliphatic carbocycles. The number of sulfone groups is 1. The Morgan fingerprint density at radius 2 is 2.10 bits per heavy atom. The van der Waals surface area contributed by atoms with Gasteiger partial charge in [-0.1, -0.05) is 11.3 Å². The van der Waals surface area contributed by atoms with Crippen LogP contribution in [-0.2, 0) is 9.84 Å². The van der Waals surface area contributed by atoms with E-state index in [1.807, 2.05) is 0 Å². The molecule has 0 saturated carbocycles. The van der Waals surface area contributed by atoms with Gasteiger partial charge in [-0.25, -0.2) is 18.2 Å². The van der Waals surface area contributed by atoms with Crippen LogP contribution in [0, 0.1) is 6.92 Å². The van der Waals surface area contributed by atoms with Gasteiger partial charge in [-0.15, -0.1) is 0 Å². The Morgan fingerprint density at radius 1 is 1.33 bits per heavy atom. The lowest BCUT2D eigenvalue weighted by atomic mass is 10.3. The molecule has 0 radical (unpaired) electrons. The highest BCUT2D eigenvalue weighted by atomic mass is 32.2. The Balaban J connectivity index is 2.15. The fourth-order valence-electron chi connectivity index (χ4n) is 1.90. The molecule has 108 valence electrons. The number of aromatic nitrogens is 1. The number of hydrogen-bond acceptors (Lipinski definition) is 6. The van der Waals surface area contributed by atoms with Crippen LogP contribution < -0.4 is 0 Å². The number of aryl methyl sites for hydroxylation is 1. The smallest absolute Gasteiger partial charge is 0.347 e. The van der Waals surface area contributed by atoms with Crippen molar-refractivity contribution in [1.29, 1.82) is 0 Å². The molecule has 3 aromatic rings. The summed E-state index contributed by atoms with van der Waals surface area (Å²) in [7, 11) is -3.84. The van der Waals surface area contributed by atoms with Gasteiger partial charge in [0.2, 0.25) is 14.2 Å². The molecule has 2 aromatic heterocycles. The number of aromatic carboxylic acids is 1. The monoisotopic (exact) mass is 323 g/mol. The molecule has 8 heteroatoms. The molecule has 0 spiro atoms. The average Bonchev–Trinajstić information content (AvgIpc) is 3.03. The summed E-state index contributed by atoms with van der Waals surface area (Å²) in [6, 6.07) is 6.11. The third-order valence-electron chi connectivity index (χ3n) is 2.94. The molecule has 1 aromatic carbocycles. The Morgan fingerprint density at radius 3 is 2.76 bits per heavy atom. The summed E-state index contributed by atoms with van der Waals surface area (Å²) in [5.41, 5.74) is 0.769. The van der Waals surface area contributed by atoms with Crippen molar-refractivity contribution in [2.75, 3.05) is 0 Å². The maximum absolute atomic E-state index is 12.5. The van der Waals surface area contributed by atoms with Crippen molar-refractivity contribution in [2.45, 2.75) is 16.2 Å². The first-order valence-electron chi connectivity index (χ1n) is 5.82. The number of carboxylic acids is 1. The zero-order valence-corrected chi connectivity index (χ0v) is 12.4. The van der Waals surface area contributed by atoms with Gasteiger partial charge < -0.3 is 9.52 Å². The van der Waals surface area contributed by atoms with Crippen molar-refractivity contribution in [3.63, 3.8) is 0 Å². The van der Waals surface area contributed by atoms with E-state index in [1.165, 1.54) is 25.3 Å². The Bertz CT molecular complexity index is 952. The molecule has 0 atom stereocenters. The van der Waals surface area contributed by atoms with Crippen molar-refractivity contribution >= 4 is 38.1 Å². The fourth-order valence-corrected chi connectivity index (χ4v) is 4.50. The third kappa shape index (κ3) is 2.22. The highest BCUT2D eigenvalue weighted by Crippen LogP contribution is 2.29. The summed E-state index contributed by atoms with van der Waals surface area (Å²) < 4.78 is 30.0. The minimum absolute atomic E-state index is 0.0575. The molecule has 3 rings (SSSR count). The minimum Gasteiger partial charge on any atom is -0.477 e. The summed E-state index contributed by atoms with van der Waals surface area (Å²) in [6.45, 7) is 1.47. The van der Waals surface area contributed by atoms with Gasteiger partial charge in [0, 0.05) is 5.39 Å². The van der Waals surface area contributed by atoms with Crippen molar-refractivity contribution < 1.29 is 22.7 Å². The van der Waals surface area contributed by atoms with Gasteiger partial charge in [0.05, 0.1) is 16.9 Å². The molecule has 0 aliphatic heterocycles. The molecule has 0 bridgehead atoms. The highest BCUT2D eigenvalue weighted by molar-refractivity contribution is 7.93. The van der Waals surface area contributed by atoms with Gasteiger partial charge in [-0.2, -0.15) is 0 Å². The molecular formula is C13H9NO5S2. The van der Waals surface area contributed by atoms with Crippen molar-refractivity contribution in [3.8, 4) is 0 Å². The number of carboxylic acid groups (broad SMARTS) is 1. The largest absolute Gasteiger partial charge is 0.477 e. The van der Waals surface area contributed by atoms with E-state index in [0.29, 0.717) is 22.3 Å². The lowest BCUT2D eigenvalue weighted by Gasteiger charge is -2.00. The van der Waals surface area contributed by atoms with E-state index >= 15 is 0 Å². The van der Waals surface area contributed by atoms with Crippen LogP contribution in [0.2, 0.25) is 0 Å². The lowest BCUT2D eigenvalue weighted by Crippen LogP contribution is -2.01. The van der Waals surface area contributed by atoms with Crippen LogP contribution in [0.1, 0.15) is 15.4 Å². The maximum atomic E-state index is 12.5. The molecule has 2 heterocycles. The highest BCUT2D eigenvalue weighted by Gasteiger charge is 2.25. The van der Waals surface area contributed by atoms with Crippen molar-refractivity contribution in [3.05, 3.63) is 41.1 Å². The van der Waals surface area contributed by atoms with Crippen LogP contribution in [0.25, 0.3) is 11.0 Å². The quantitative estimate of drug-likeness (QED) is 0.796. The van der Waals surface area contributed by atoms with Crippen molar-refractivity contribution in [2.24, 2.45) is 0 Å². The average molecular weight is 323 g/mol. The van der Waals surface area contributed by atoms with E-state index in [-0.39, 0.29) is 19.8 Å². The number of rotatable bonds is 3. The van der Waals surface area contributed by atoms with Gasteiger partial charge in [0.25, 0.3) is 0 Å². The normalized spacial score (nSPS) is 11.9. The van der Waals surface area contributed by atoms with Crippen LogP contribution in [0.5, 0.6) is 0 Å². The lowest BCUT2D eigenvalue weighted by molar-refractivity contribution is 0.0701. The molecule has 1 N–H and O–H groups in total. The number of fused-ring (bicyclic) bond motifs is 1. The second-order valence-electron chi connectivity index (χ2n) is 4.32. The molecular weight excluding hydrogens is 314 g/mol. The topological polar surface area (TPSA) is 97.5 Å². The number of carbonyl (C=O) groups is 1.